The SMILES string of the molecule is COCCNCC(=O)NN(C(=O)CC(C)C)C(Cc1ccccc1)[C@H](O)CNC(C(C)C)S(=O)(=O)c1ccc2c(c1)CCO2. The van der Waals surface area contributed by atoms with Gasteiger partial charge in [0.1, 0.15) is 11.1 Å². The molecule has 244 valence electrons. The van der Waals surface area contributed by atoms with Crippen LogP contribution in [-0.2, 0) is 37.0 Å². The Morgan fingerprint density at radius 1 is 1.09 bits per heavy atom. The van der Waals surface area contributed by atoms with Crippen molar-refractivity contribution in [3.05, 3.63) is 59.7 Å². The van der Waals surface area contributed by atoms with Crippen molar-refractivity contribution in [2.24, 2.45) is 11.8 Å². The van der Waals surface area contributed by atoms with Gasteiger partial charge in [-0.25, -0.2) is 13.4 Å². The van der Waals surface area contributed by atoms with E-state index in [1.165, 1.54) is 5.01 Å². The number of nitrogens with zero attached hydrogens (tertiary/aromatic N) is 1. The third-order valence-corrected chi connectivity index (χ3v) is 9.68. The van der Waals surface area contributed by atoms with E-state index in [2.05, 4.69) is 16.1 Å². The maximum Gasteiger partial charge on any atom is 0.252 e. The van der Waals surface area contributed by atoms with Crippen LogP contribution < -0.4 is 20.8 Å². The van der Waals surface area contributed by atoms with E-state index in [1.807, 2.05) is 44.2 Å². The van der Waals surface area contributed by atoms with Crippen LogP contribution in [0.5, 0.6) is 5.75 Å². The number of carbonyl (C=O) groups is 2. The van der Waals surface area contributed by atoms with Gasteiger partial charge in [0.05, 0.1) is 36.8 Å². The first kappa shape index (κ1) is 35.4. The van der Waals surface area contributed by atoms with Crippen LogP contribution in [0.15, 0.2) is 53.4 Å². The Bertz CT molecular complexity index is 1320. The summed E-state index contributed by atoms with van der Waals surface area (Å²) in [4.78, 5) is 26.6. The number of fused-ring (bicyclic) bond motifs is 1. The number of benzene rings is 2. The summed E-state index contributed by atoms with van der Waals surface area (Å²) in [6, 6.07) is 13.4. The number of carbonyl (C=O) groups excluding carboxylic acids is 2. The van der Waals surface area contributed by atoms with Crippen molar-refractivity contribution in [3.63, 3.8) is 0 Å². The van der Waals surface area contributed by atoms with Gasteiger partial charge >= 0.3 is 0 Å². The van der Waals surface area contributed by atoms with Crippen LogP contribution in [0.1, 0.15) is 45.2 Å². The minimum Gasteiger partial charge on any atom is -0.493 e. The highest BCUT2D eigenvalue weighted by Crippen LogP contribution is 2.30. The van der Waals surface area contributed by atoms with E-state index < -0.39 is 33.3 Å². The highest BCUT2D eigenvalue weighted by molar-refractivity contribution is 7.92. The fourth-order valence-corrected chi connectivity index (χ4v) is 7.04. The summed E-state index contributed by atoms with van der Waals surface area (Å²) in [5, 5.41) is 17.9. The molecule has 0 saturated heterocycles. The van der Waals surface area contributed by atoms with Gasteiger partial charge in [0.15, 0.2) is 9.84 Å². The van der Waals surface area contributed by atoms with Gasteiger partial charge in [-0.2, -0.15) is 0 Å². The molecule has 0 saturated carbocycles. The molecular formula is C32H48N4O7S. The van der Waals surface area contributed by atoms with E-state index in [1.54, 1.807) is 39.2 Å². The van der Waals surface area contributed by atoms with E-state index in [-0.39, 0.29) is 48.6 Å². The topological polar surface area (TPSA) is 146 Å². The monoisotopic (exact) mass is 632 g/mol. The molecule has 1 aliphatic rings. The largest absolute Gasteiger partial charge is 0.493 e. The first-order chi connectivity index (χ1) is 20.9. The summed E-state index contributed by atoms with van der Waals surface area (Å²) in [6.07, 6.45) is -0.201. The molecule has 11 nitrogen and oxygen atoms in total. The number of hydrazine groups is 1. The minimum absolute atomic E-state index is 0.00237. The normalized spacial score (nSPS) is 15.0. The highest BCUT2D eigenvalue weighted by Gasteiger charge is 2.35. The number of rotatable bonds is 17. The number of methoxy groups -OCH3 is 1. The maximum atomic E-state index is 13.8. The standard InChI is InChI=1S/C32H48N4O7S/c1-22(2)17-31(39)36(35-30(38)21-33-14-16-42-5)27(18-24-9-7-6-8-10-24)28(37)20-34-32(23(3)4)44(40,41)26-11-12-29-25(19-26)13-15-43-29/h6-12,19,22-23,27-28,32-34,37H,13-18,20-21H2,1-5H3,(H,35,38)/t27?,28-,32?/m1/s1. The second kappa shape index (κ2) is 16.9. The fourth-order valence-electron chi connectivity index (χ4n) is 5.15. The first-order valence-corrected chi connectivity index (χ1v) is 16.7. The average Bonchev–Trinajstić information content (AvgIpc) is 3.45. The molecule has 3 atom stereocenters. The van der Waals surface area contributed by atoms with E-state index in [4.69, 9.17) is 9.47 Å². The van der Waals surface area contributed by atoms with E-state index in [0.29, 0.717) is 31.9 Å². The number of sulfone groups is 1. The number of hydrogen-bond donors (Lipinski definition) is 4. The summed E-state index contributed by atoms with van der Waals surface area (Å²) in [5.41, 5.74) is 4.41. The second-order valence-corrected chi connectivity index (χ2v) is 13.9. The number of hydrogen-bond acceptors (Lipinski definition) is 9. The molecule has 2 aromatic rings. The molecule has 0 aliphatic carbocycles. The zero-order valence-electron chi connectivity index (χ0n) is 26.4. The van der Waals surface area contributed by atoms with Gasteiger partial charge in [-0.15, -0.1) is 0 Å². The molecule has 0 aromatic heterocycles. The molecule has 0 bridgehead atoms. The summed E-state index contributed by atoms with van der Waals surface area (Å²) in [7, 11) is -2.27. The Hall–Kier alpha value is -3.03. The molecule has 2 aromatic carbocycles. The Labute approximate surface area is 261 Å². The lowest BCUT2D eigenvalue weighted by Crippen LogP contribution is -2.60. The Kier molecular flexibility index (Phi) is 13.6. The van der Waals surface area contributed by atoms with E-state index in [0.717, 1.165) is 11.1 Å². The third-order valence-electron chi connectivity index (χ3n) is 7.39. The lowest BCUT2D eigenvalue weighted by Gasteiger charge is -2.36. The molecule has 2 unspecified atom stereocenters. The van der Waals surface area contributed by atoms with Gasteiger partial charge in [-0.1, -0.05) is 58.0 Å². The quantitative estimate of drug-likeness (QED) is 0.152. The van der Waals surface area contributed by atoms with Gasteiger partial charge in [0.2, 0.25) is 5.91 Å². The van der Waals surface area contributed by atoms with Crippen LogP contribution in [-0.4, -0.2) is 87.8 Å². The number of nitrogens with one attached hydrogen (secondary N) is 3. The van der Waals surface area contributed by atoms with Gasteiger partial charge in [-0.05, 0) is 47.6 Å². The molecule has 0 fully saturated rings. The van der Waals surface area contributed by atoms with Gasteiger partial charge < -0.3 is 19.9 Å². The number of amides is 2. The summed E-state index contributed by atoms with van der Waals surface area (Å²) in [6.45, 7) is 8.60. The number of ether oxygens (including phenoxy) is 2. The van der Waals surface area contributed by atoms with Crippen LogP contribution in [0.2, 0.25) is 0 Å². The van der Waals surface area contributed by atoms with Crippen molar-refractivity contribution >= 4 is 21.7 Å². The van der Waals surface area contributed by atoms with Crippen molar-refractivity contribution in [2.45, 2.75) is 69.4 Å². The molecule has 1 heterocycles. The van der Waals surface area contributed by atoms with Gasteiger partial charge in [0.25, 0.3) is 5.91 Å². The molecule has 0 radical (unpaired) electrons. The Balaban J connectivity index is 1.86. The summed E-state index contributed by atoms with van der Waals surface area (Å²) in [5.74, 6) is -0.430. The smallest absolute Gasteiger partial charge is 0.252 e. The van der Waals surface area contributed by atoms with Crippen LogP contribution >= 0.6 is 0 Å². The predicted molar refractivity (Wildman–Crippen MR) is 169 cm³/mol. The number of aliphatic hydroxyl groups excluding tert-OH is 1. The lowest BCUT2D eigenvalue weighted by molar-refractivity contribution is -0.148. The van der Waals surface area contributed by atoms with E-state index >= 15 is 0 Å². The predicted octanol–water partition coefficient (Wildman–Crippen LogP) is 2.08. The molecule has 0 spiro atoms. The summed E-state index contributed by atoms with van der Waals surface area (Å²) >= 11 is 0. The molecule has 44 heavy (non-hydrogen) atoms. The first-order valence-electron chi connectivity index (χ1n) is 15.2. The highest BCUT2D eigenvalue weighted by atomic mass is 32.2. The zero-order valence-corrected chi connectivity index (χ0v) is 27.2. The molecule has 4 N–H and O–H groups in total. The van der Waals surface area contributed by atoms with Gasteiger partial charge in [-0.3, -0.25) is 20.3 Å². The fraction of sp³-hybridized carbons (Fsp3) is 0.562. The van der Waals surface area contributed by atoms with Crippen molar-refractivity contribution in [2.75, 3.05) is 40.0 Å². The lowest BCUT2D eigenvalue weighted by atomic mass is 9.99. The Morgan fingerprint density at radius 2 is 1.82 bits per heavy atom. The molecule has 3 rings (SSSR count). The van der Waals surface area contributed by atoms with Crippen molar-refractivity contribution in [1.29, 1.82) is 0 Å². The summed E-state index contributed by atoms with van der Waals surface area (Å²) < 4.78 is 38.1. The molecule has 2 amide bonds. The van der Waals surface area contributed by atoms with Crippen molar-refractivity contribution < 1.29 is 32.6 Å². The van der Waals surface area contributed by atoms with E-state index in [9.17, 15) is 23.1 Å². The molecular weight excluding hydrogens is 584 g/mol. The van der Waals surface area contributed by atoms with Gasteiger partial charge in [0, 0.05) is 33.0 Å². The van der Waals surface area contributed by atoms with Crippen LogP contribution in [0.25, 0.3) is 0 Å². The maximum absolute atomic E-state index is 13.8. The van der Waals surface area contributed by atoms with Crippen LogP contribution in [0, 0.1) is 11.8 Å². The minimum atomic E-state index is -3.84. The average molecular weight is 633 g/mol. The molecule has 12 heteroatoms. The van der Waals surface area contributed by atoms with Crippen molar-refractivity contribution in [1.82, 2.24) is 21.1 Å². The number of aliphatic hydroxyl groups is 1. The van der Waals surface area contributed by atoms with Crippen molar-refractivity contribution in [3.8, 4) is 5.75 Å². The van der Waals surface area contributed by atoms with Crippen LogP contribution in [0.3, 0.4) is 0 Å². The second-order valence-electron chi connectivity index (χ2n) is 11.9. The van der Waals surface area contributed by atoms with Crippen LogP contribution in [0.4, 0.5) is 0 Å². The zero-order chi connectivity index (χ0) is 32.3. The third kappa shape index (κ3) is 10.00. The molecule has 1 aliphatic heterocycles. The Morgan fingerprint density at radius 3 is 2.48 bits per heavy atom.